The number of hydrogen-bond acceptors (Lipinski definition) is 3. The van der Waals surface area contributed by atoms with Gasteiger partial charge in [-0.05, 0) is 24.6 Å². The number of nitrogens with one attached hydrogen (secondary N) is 1. The van der Waals surface area contributed by atoms with Crippen LogP contribution in [0.2, 0.25) is 0 Å². The molecule has 0 amide bonds. The van der Waals surface area contributed by atoms with Crippen molar-refractivity contribution in [1.82, 2.24) is 0 Å². The van der Waals surface area contributed by atoms with Gasteiger partial charge >= 0.3 is 0 Å². The number of anilines is 2. The van der Waals surface area contributed by atoms with Crippen LogP contribution < -0.4 is 15.8 Å². The molecule has 3 nitrogen and oxygen atoms in total. The molecule has 2 rings (SSSR count). The number of nitrogens with two attached hydrogens (primary N) is 1. The highest BCUT2D eigenvalue weighted by atomic mass is 16.5. The van der Waals surface area contributed by atoms with Crippen LogP contribution in [-0.2, 0) is 6.54 Å². The molecule has 3 heteroatoms. The second-order valence-corrected chi connectivity index (χ2v) is 4.26. The largest absolute Gasteiger partial charge is 0.495 e. The molecule has 0 aliphatic rings. The lowest BCUT2D eigenvalue weighted by Gasteiger charge is -2.12. The maximum Gasteiger partial charge on any atom is 0.143 e. The first-order chi connectivity index (χ1) is 8.70. The first kappa shape index (κ1) is 12.3. The molecule has 2 aromatic carbocycles. The second kappa shape index (κ2) is 5.45. The van der Waals surface area contributed by atoms with Gasteiger partial charge in [0.2, 0.25) is 0 Å². The molecule has 0 bridgehead atoms. The number of hydrogen-bond donors (Lipinski definition) is 2. The minimum Gasteiger partial charge on any atom is -0.495 e. The smallest absolute Gasteiger partial charge is 0.143 e. The maximum absolute atomic E-state index is 5.99. The Balaban J connectivity index is 2.08. The molecule has 0 aliphatic carbocycles. The fourth-order valence-corrected chi connectivity index (χ4v) is 1.78. The summed E-state index contributed by atoms with van der Waals surface area (Å²) < 4.78 is 5.19. The zero-order valence-corrected chi connectivity index (χ0v) is 10.7. The molecule has 0 saturated heterocycles. The molecule has 0 unspecified atom stereocenters. The summed E-state index contributed by atoms with van der Waals surface area (Å²) in [6, 6.07) is 14.2. The minimum absolute atomic E-state index is 0.645. The summed E-state index contributed by atoms with van der Waals surface area (Å²) in [5, 5.41) is 3.32. The topological polar surface area (TPSA) is 47.3 Å². The van der Waals surface area contributed by atoms with Crippen molar-refractivity contribution in [3.8, 4) is 5.75 Å². The van der Waals surface area contributed by atoms with Crippen LogP contribution in [0.4, 0.5) is 11.4 Å². The molecule has 0 heterocycles. The third-order valence-corrected chi connectivity index (χ3v) is 2.89. The molecule has 94 valence electrons. The molecule has 3 N–H and O–H groups in total. The van der Waals surface area contributed by atoms with Crippen LogP contribution in [-0.4, -0.2) is 7.11 Å². The van der Waals surface area contributed by atoms with Crippen LogP contribution in [0.3, 0.4) is 0 Å². The van der Waals surface area contributed by atoms with E-state index in [-0.39, 0.29) is 0 Å². The average molecular weight is 242 g/mol. The lowest BCUT2D eigenvalue weighted by Crippen LogP contribution is -2.03. The van der Waals surface area contributed by atoms with E-state index in [2.05, 4.69) is 36.5 Å². The SMILES string of the molecule is COc1cccc(NCc2ccc(C)cc2)c1N. The standard InChI is InChI=1S/C15H18N2O/c1-11-6-8-12(9-7-11)10-17-13-4-3-5-14(18-2)15(13)16/h3-9,17H,10,16H2,1-2H3. The highest BCUT2D eigenvalue weighted by Gasteiger charge is 2.04. The number of rotatable bonds is 4. The summed E-state index contributed by atoms with van der Waals surface area (Å²) in [7, 11) is 1.62. The van der Waals surface area contributed by atoms with Gasteiger partial charge in [-0.3, -0.25) is 0 Å². The number of ether oxygens (including phenoxy) is 1. The van der Waals surface area contributed by atoms with E-state index in [1.165, 1.54) is 11.1 Å². The van der Waals surface area contributed by atoms with E-state index in [1.807, 2.05) is 18.2 Å². The third-order valence-electron chi connectivity index (χ3n) is 2.89. The highest BCUT2D eigenvalue weighted by Crippen LogP contribution is 2.29. The Morgan fingerprint density at radius 2 is 1.83 bits per heavy atom. The van der Waals surface area contributed by atoms with Gasteiger partial charge in [0, 0.05) is 6.54 Å². The summed E-state index contributed by atoms with van der Waals surface area (Å²) in [6.07, 6.45) is 0. The molecule has 0 fully saturated rings. The van der Waals surface area contributed by atoms with Crippen LogP contribution in [0, 0.1) is 6.92 Å². The molecule has 2 aromatic rings. The molecule has 0 atom stereocenters. The Hall–Kier alpha value is -2.16. The van der Waals surface area contributed by atoms with Crippen molar-refractivity contribution in [3.05, 3.63) is 53.6 Å². The Kier molecular flexibility index (Phi) is 3.72. The fraction of sp³-hybridized carbons (Fsp3) is 0.200. The van der Waals surface area contributed by atoms with E-state index in [0.29, 0.717) is 11.4 Å². The molecular formula is C15H18N2O. The molecule has 18 heavy (non-hydrogen) atoms. The Morgan fingerprint density at radius 1 is 1.11 bits per heavy atom. The van der Waals surface area contributed by atoms with Gasteiger partial charge in [-0.25, -0.2) is 0 Å². The predicted molar refractivity (Wildman–Crippen MR) is 75.9 cm³/mol. The lowest BCUT2D eigenvalue weighted by molar-refractivity contribution is 0.417. The quantitative estimate of drug-likeness (QED) is 0.809. The van der Waals surface area contributed by atoms with Crippen LogP contribution in [0.25, 0.3) is 0 Å². The molecule has 0 aliphatic heterocycles. The van der Waals surface area contributed by atoms with Gasteiger partial charge < -0.3 is 15.8 Å². The molecule has 0 saturated carbocycles. The van der Waals surface area contributed by atoms with Crippen LogP contribution in [0.5, 0.6) is 5.75 Å². The molecule has 0 spiro atoms. The van der Waals surface area contributed by atoms with E-state index in [1.54, 1.807) is 7.11 Å². The van der Waals surface area contributed by atoms with E-state index >= 15 is 0 Å². The summed E-state index contributed by atoms with van der Waals surface area (Å²) in [5.41, 5.74) is 10.0. The van der Waals surface area contributed by atoms with E-state index in [4.69, 9.17) is 10.5 Å². The number of benzene rings is 2. The normalized spacial score (nSPS) is 10.1. The predicted octanol–water partition coefficient (Wildman–Crippen LogP) is 3.20. The number of aryl methyl sites for hydroxylation is 1. The Bertz CT molecular complexity index is 521. The average Bonchev–Trinajstić information content (AvgIpc) is 2.39. The third kappa shape index (κ3) is 2.74. The van der Waals surface area contributed by atoms with Crippen molar-refractivity contribution in [2.24, 2.45) is 0 Å². The van der Waals surface area contributed by atoms with Crippen molar-refractivity contribution in [3.63, 3.8) is 0 Å². The maximum atomic E-state index is 5.99. The van der Waals surface area contributed by atoms with Gasteiger partial charge in [-0.15, -0.1) is 0 Å². The van der Waals surface area contributed by atoms with Crippen molar-refractivity contribution >= 4 is 11.4 Å². The Morgan fingerprint density at radius 3 is 2.50 bits per heavy atom. The minimum atomic E-state index is 0.645. The van der Waals surface area contributed by atoms with Gasteiger partial charge in [-0.2, -0.15) is 0 Å². The van der Waals surface area contributed by atoms with Crippen molar-refractivity contribution in [1.29, 1.82) is 0 Å². The first-order valence-electron chi connectivity index (χ1n) is 5.92. The monoisotopic (exact) mass is 242 g/mol. The summed E-state index contributed by atoms with van der Waals surface area (Å²) in [4.78, 5) is 0. The number of nitrogen functional groups attached to an aromatic ring is 1. The van der Waals surface area contributed by atoms with Crippen LogP contribution >= 0.6 is 0 Å². The van der Waals surface area contributed by atoms with Crippen LogP contribution in [0.15, 0.2) is 42.5 Å². The van der Waals surface area contributed by atoms with Crippen molar-refractivity contribution in [2.75, 3.05) is 18.2 Å². The summed E-state index contributed by atoms with van der Waals surface area (Å²) in [6.45, 7) is 2.83. The van der Waals surface area contributed by atoms with Gasteiger partial charge in [0.25, 0.3) is 0 Å². The highest BCUT2D eigenvalue weighted by molar-refractivity contribution is 5.72. The van der Waals surface area contributed by atoms with Gasteiger partial charge in [-0.1, -0.05) is 35.9 Å². The molecular weight excluding hydrogens is 224 g/mol. The zero-order valence-electron chi connectivity index (χ0n) is 10.7. The summed E-state index contributed by atoms with van der Waals surface area (Å²) in [5.74, 6) is 0.698. The number of para-hydroxylation sites is 1. The van der Waals surface area contributed by atoms with Crippen molar-refractivity contribution in [2.45, 2.75) is 13.5 Å². The summed E-state index contributed by atoms with van der Waals surface area (Å²) >= 11 is 0. The van der Waals surface area contributed by atoms with E-state index in [0.717, 1.165) is 12.2 Å². The first-order valence-corrected chi connectivity index (χ1v) is 5.92. The van der Waals surface area contributed by atoms with E-state index < -0.39 is 0 Å². The zero-order chi connectivity index (χ0) is 13.0. The molecule has 0 aromatic heterocycles. The van der Waals surface area contributed by atoms with Gasteiger partial charge in [0.15, 0.2) is 0 Å². The fourth-order valence-electron chi connectivity index (χ4n) is 1.78. The Labute approximate surface area is 108 Å². The van der Waals surface area contributed by atoms with Crippen LogP contribution in [0.1, 0.15) is 11.1 Å². The van der Waals surface area contributed by atoms with Gasteiger partial charge in [0.05, 0.1) is 18.5 Å². The lowest BCUT2D eigenvalue weighted by atomic mass is 10.1. The molecule has 0 radical (unpaired) electrons. The van der Waals surface area contributed by atoms with Crippen molar-refractivity contribution < 1.29 is 4.74 Å². The second-order valence-electron chi connectivity index (χ2n) is 4.26. The van der Waals surface area contributed by atoms with Gasteiger partial charge in [0.1, 0.15) is 5.75 Å². The number of methoxy groups -OCH3 is 1. The van der Waals surface area contributed by atoms with E-state index in [9.17, 15) is 0 Å².